The molecule has 1 fully saturated rings. The van der Waals surface area contributed by atoms with E-state index >= 15 is 0 Å². The van der Waals surface area contributed by atoms with Crippen molar-refractivity contribution in [1.82, 2.24) is 20.3 Å². The van der Waals surface area contributed by atoms with Crippen molar-refractivity contribution in [2.24, 2.45) is 13.0 Å². The van der Waals surface area contributed by atoms with Gasteiger partial charge in [-0.15, -0.1) is 5.10 Å². The summed E-state index contributed by atoms with van der Waals surface area (Å²) in [4.78, 5) is 0. The first kappa shape index (κ1) is 11.5. The Morgan fingerprint density at radius 1 is 1.69 bits per heavy atom. The van der Waals surface area contributed by atoms with Crippen molar-refractivity contribution in [2.45, 2.75) is 31.9 Å². The molecule has 5 nitrogen and oxygen atoms in total. The maximum atomic E-state index is 5.75. The number of nitrogens with one attached hydrogen (secondary N) is 1. The van der Waals surface area contributed by atoms with Crippen LogP contribution in [0.15, 0.2) is 6.20 Å². The molecule has 0 saturated carbocycles. The van der Waals surface area contributed by atoms with Crippen LogP contribution < -0.4 is 5.32 Å². The molecule has 1 aliphatic heterocycles. The average Bonchev–Trinajstić information content (AvgIpc) is 2.90. The standard InChI is InChI=1S/C11H20N4O/c1-4-10-8(5-6-16-10)11(12-2)9-7-13-14-15(9)3/h7-8,10-12H,4-6H2,1-3H3. The normalized spacial score (nSPS) is 27.2. The van der Waals surface area contributed by atoms with Gasteiger partial charge in [0.1, 0.15) is 0 Å². The summed E-state index contributed by atoms with van der Waals surface area (Å²) >= 11 is 0. The largest absolute Gasteiger partial charge is 0.378 e. The van der Waals surface area contributed by atoms with Gasteiger partial charge >= 0.3 is 0 Å². The number of hydrogen-bond donors (Lipinski definition) is 1. The lowest BCUT2D eigenvalue weighted by atomic mass is 9.89. The Kier molecular flexibility index (Phi) is 3.56. The van der Waals surface area contributed by atoms with Crippen molar-refractivity contribution in [3.63, 3.8) is 0 Å². The second-order valence-electron chi connectivity index (χ2n) is 4.32. The van der Waals surface area contributed by atoms with E-state index in [2.05, 4.69) is 22.6 Å². The Labute approximate surface area is 96.2 Å². The minimum Gasteiger partial charge on any atom is -0.378 e. The number of hydrogen-bond acceptors (Lipinski definition) is 4. The molecule has 1 aliphatic rings. The van der Waals surface area contributed by atoms with Crippen LogP contribution in [0.25, 0.3) is 0 Å². The van der Waals surface area contributed by atoms with Crippen molar-refractivity contribution in [1.29, 1.82) is 0 Å². The average molecular weight is 224 g/mol. The monoisotopic (exact) mass is 224 g/mol. The van der Waals surface area contributed by atoms with Crippen molar-refractivity contribution >= 4 is 0 Å². The summed E-state index contributed by atoms with van der Waals surface area (Å²) in [5.74, 6) is 0.521. The Hall–Kier alpha value is -0.940. The molecule has 0 bridgehead atoms. The molecule has 90 valence electrons. The molecule has 16 heavy (non-hydrogen) atoms. The van der Waals surface area contributed by atoms with Gasteiger partial charge in [-0.3, -0.25) is 4.68 Å². The highest BCUT2D eigenvalue weighted by Gasteiger charge is 2.35. The van der Waals surface area contributed by atoms with Gasteiger partial charge < -0.3 is 10.1 Å². The molecule has 0 aliphatic carbocycles. The first-order valence-corrected chi connectivity index (χ1v) is 5.91. The summed E-state index contributed by atoms with van der Waals surface area (Å²) in [6.07, 6.45) is 4.36. The molecule has 0 spiro atoms. The van der Waals surface area contributed by atoms with Crippen molar-refractivity contribution < 1.29 is 4.74 Å². The molecule has 1 saturated heterocycles. The molecule has 1 aromatic heterocycles. The molecule has 2 rings (SSSR count). The van der Waals surface area contributed by atoms with Crippen molar-refractivity contribution in [3.8, 4) is 0 Å². The first-order chi connectivity index (χ1) is 7.77. The van der Waals surface area contributed by atoms with Crippen molar-refractivity contribution in [3.05, 3.63) is 11.9 Å². The highest BCUT2D eigenvalue weighted by Crippen LogP contribution is 2.33. The molecular formula is C11H20N4O. The summed E-state index contributed by atoms with van der Waals surface area (Å²) in [5.41, 5.74) is 1.14. The zero-order valence-electron chi connectivity index (χ0n) is 10.2. The Morgan fingerprint density at radius 3 is 3.06 bits per heavy atom. The van der Waals surface area contributed by atoms with Gasteiger partial charge in [0.15, 0.2) is 0 Å². The summed E-state index contributed by atoms with van der Waals surface area (Å²) in [5, 5.41) is 11.3. The molecule has 0 radical (unpaired) electrons. The molecule has 0 aromatic carbocycles. The quantitative estimate of drug-likeness (QED) is 0.825. The zero-order chi connectivity index (χ0) is 11.5. The Balaban J connectivity index is 2.19. The molecule has 3 atom stereocenters. The van der Waals surface area contributed by atoms with E-state index in [1.54, 1.807) is 0 Å². The number of aromatic nitrogens is 3. The summed E-state index contributed by atoms with van der Waals surface area (Å²) in [7, 11) is 3.92. The smallest absolute Gasteiger partial charge is 0.0756 e. The predicted octanol–water partition coefficient (Wildman–Crippen LogP) is 0.891. The fourth-order valence-electron chi connectivity index (χ4n) is 2.63. The Bertz CT molecular complexity index is 338. The van der Waals surface area contributed by atoms with Gasteiger partial charge in [-0.1, -0.05) is 12.1 Å². The third-order valence-electron chi connectivity index (χ3n) is 3.47. The van der Waals surface area contributed by atoms with E-state index in [1.807, 2.05) is 25.0 Å². The Morgan fingerprint density at radius 2 is 2.50 bits per heavy atom. The lowest BCUT2D eigenvalue weighted by Gasteiger charge is -2.26. The molecular weight excluding hydrogens is 204 g/mol. The van der Waals surface area contributed by atoms with Gasteiger partial charge in [0.2, 0.25) is 0 Å². The van der Waals surface area contributed by atoms with Crippen LogP contribution in [0.1, 0.15) is 31.5 Å². The summed E-state index contributed by atoms with van der Waals surface area (Å²) in [6.45, 7) is 3.05. The number of ether oxygens (including phenoxy) is 1. The van der Waals surface area contributed by atoms with Gasteiger partial charge in [0.25, 0.3) is 0 Å². The second-order valence-corrected chi connectivity index (χ2v) is 4.32. The van der Waals surface area contributed by atoms with E-state index < -0.39 is 0 Å². The van der Waals surface area contributed by atoms with E-state index in [4.69, 9.17) is 4.74 Å². The highest BCUT2D eigenvalue weighted by atomic mass is 16.5. The van der Waals surface area contributed by atoms with Crippen LogP contribution in [0.3, 0.4) is 0 Å². The summed E-state index contributed by atoms with van der Waals surface area (Å²) in [6, 6.07) is 0.285. The third-order valence-corrected chi connectivity index (χ3v) is 3.47. The van der Waals surface area contributed by atoms with Gasteiger partial charge in [-0.05, 0) is 19.9 Å². The maximum absolute atomic E-state index is 5.75. The SMILES string of the molecule is CCC1OCCC1C(NC)c1cnnn1C. The van der Waals surface area contributed by atoms with Gasteiger partial charge in [0.05, 0.1) is 24.0 Å². The number of aryl methyl sites for hydroxylation is 1. The van der Waals surface area contributed by atoms with Crippen LogP contribution in [0, 0.1) is 5.92 Å². The zero-order valence-corrected chi connectivity index (χ0v) is 10.2. The van der Waals surface area contributed by atoms with Crippen LogP contribution in [0.4, 0.5) is 0 Å². The highest BCUT2D eigenvalue weighted by molar-refractivity contribution is 5.05. The van der Waals surface area contributed by atoms with E-state index in [0.29, 0.717) is 12.0 Å². The maximum Gasteiger partial charge on any atom is 0.0756 e. The lowest BCUT2D eigenvalue weighted by Crippen LogP contribution is -2.32. The van der Waals surface area contributed by atoms with Gasteiger partial charge in [-0.25, -0.2) is 0 Å². The number of rotatable bonds is 4. The molecule has 2 heterocycles. The van der Waals surface area contributed by atoms with Gasteiger partial charge in [-0.2, -0.15) is 0 Å². The van der Waals surface area contributed by atoms with Gasteiger partial charge in [0, 0.05) is 19.6 Å². The fraction of sp³-hybridized carbons (Fsp3) is 0.818. The van der Waals surface area contributed by atoms with Crippen LogP contribution in [0.5, 0.6) is 0 Å². The van der Waals surface area contributed by atoms with Crippen molar-refractivity contribution in [2.75, 3.05) is 13.7 Å². The van der Waals surface area contributed by atoms with E-state index in [9.17, 15) is 0 Å². The molecule has 5 heteroatoms. The first-order valence-electron chi connectivity index (χ1n) is 5.91. The third kappa shape index (κ3) is 1.97. The predicted molar refractivity (Wildman–Crippen MR) is 60.9 cm³/mol. The summed E-state index contributed by atoms with van der Waals surface area (Å²) < 4.78 is 7.58. The van der Waals surface area contributed by atoms with Crippen LogP contribution in [-0.2, 0) is 11.8 Å². The molecule has 1 aromatic rings. The fourth-order valence-corrected chi connectivity index (χ4v) is 2.63. The second kappa shape index (κ2) is 4.93. The van der Waals surface area contributed by atoms with Crippen LogP contribution >= 0.6 is 0 Å². The minimum atomic E-state index is 0.285. The molecule has 3 unspecified atom stereocenters. The van der Waals surface area contributed by atoms with E-state index in [1.165, 1.54) is 0 Å². The number of nitrogens with zero attached hydrogens (tertiary/aromatic N) is 3. The van der Waals surface area contributed by atoms with Crippen LogP contribution in [0.2, 0.25) is 0 Å². The molecule has 1 N–H and O–H groups in total. The minimum absolute atomic E-state index is 0.285. The van der Waals surface area contributed by atoms with E-state index in [0.717, 1.165) is 25.1 Å². The lowest BCUT2D eigenvalue weighted by molar-refractivity contribution is 0.0774. The molecule has 0 amide bonds. The van der Waals surface area contributed by atoms with E-state index in [-0.39, 0.29) is 6.04 Å². The van der Waals surface area contributed by atoms with Crippen LogP contribution in [-0.4, -0.2) is 34.8 Å². The topological polar surface area (TPSA) is 52.0 Å².